The number of nitrogens with one attached hydrogen (secondary N) is 1. The number of aliphatic hydroxyl groups excluding tert-OH is 1. The fourth-order valence-corrected chi connectivity index (χ4v) is 3.35. The van der Waals surface area contributed by atoms with E-state index in [-0.39, 0.29) is 10.9 Å². The number of benzene rings is 1. The Morgan fingerprint density at radius 1 is 1.19 bits per heavy atom. The van der Waals surface area contributed by atoms with Crippen LogP contribution in [0.4, 0.5) is 0 Å². The summed E-state index contributed by atoms with van der Waals surface area (Å²) in [4.78, 5) is 11.9. The summed E-state index contributed by atoms with van der Waals surface area (Å²) >= 11 is 0. The third-order valence-electron chi connectivity index (χ3n) is 3.53. The SMILES string of the molecule is O=C(/C=C/S(=O)(=O)c1ccccc1)N[C@H]1CCCC[C@@H]1O. The van der Waals surface area contributed by atoms with Gasteiger partial charge in [0.25, 0.3) is 0 Å². The summed E-state index contributed by atoms with van der Waals surface area (Å²) < 4.78 is 24.0. The Hall–Kier alpha value is -1.66. The van der Waals surface area contributed by atoms with Gasteiger partial charge in [-0.25, -0.2) is 8.42 Å². The molecule has 114 valence electrons. The molecule has 1 amide bonds. The van der Waals surface area contributed by atoms with Crippen LogP contribution in [0.2, 0.25) is 0 Å². The van der Waals surface area contributed by atoms with Crippen LogP contribution in [0, 0.1) is 0 Å². The molecule has 1 aliphatic rings. The predicted octanol–water partition coefficient (Wildman–Crippen LogP) is 1.39. The van der Waals surface area contributed by atoms with E-state index in [4.69, 9.17) is 0 Å². The molecule has 0 spiro atoms. The van der Waals surface area contributed by atoms with E-state index in [0.29, 0.717) is 12.8 Å². The normalized spacial score (nSPS) is 23.1. The lowest BCUT2D eigenvalue weighted by Gasteiger charge is -2.27. The quantitative estimate of drug-likeness (QED) is 0.823. The lowest BCUT2D eigenvalue weighted by Crippen LogP contribution is -2.44. The molecule has 0 aromatic heterocycles. The van der Waals surface area contributed by atoms with Crippen molar-refractivity contribution >= 4 is 15.7 Å². The van der Waals surface area contributed by atoms with Crippen molar-refractivity contribution < 1.29 is 18.3 Å². The summed E-state index contributed by atoms with van der Waals surface area (Å²) in [5.74, 6) is -0.500. The van der Waals surface area contributed by atoms with E-state index in [1.807, 2.05) is 0 Å². The molecule has 1 fully saturated rings. The molecule has 0 saturated heterocycles. The van der Waals surface area contributed by atoms with Crippen molar-refractivity contribution in [2.45, 2.75) is 42.7 Å². The van der Waals surface area contributed by atoms with Gasteiger partial charge in [0, 0.05) is 11.5 Å². The number of carbonyl (C=O) groups excluding carboxylic acids is 1. The van der Waals surface area contributed by atoms with Gasteiger partial charge in [-0.05, 0) is 25.0 Å². The Morgan fingerprint density at radius 2 is 1.86 bits per heavy atom. The van der Waals surface area contributed by atoms with Crippen LogP contribution in [0.3, 0.4) is 0 Å². The largest absolute Gasteiger partial charge is 0.391 e. The van der Waals surface area contributed by atoms with Gasteiger partial charge in [-0.2, -0.15) is 0 Å². The highest BCUT2D eigenvalue weighted by Gasteiger charge is 2.23. The average molecular weight is 309 g/mol. The minimum atomic E-state index is -3.61. The number of aliphatic hydroxyl groups is 1. The minimum Gasteiger partial charge on any atom is -0.391 e. The molecule has 21 heavy (non-hydrogen) atoms. The van der Waals surface area contributed by atoms with E-state index < -0.39 is 21.8 Å². The molecule has 0 unspecified atom stereocenters. The van der Waals surface area contributed by atoms with Gasteiger partial charge in [0.15, 0.2) is 9.84 Å². The van der Waals surface area contributed by atoms with Crippen molar-refractivity contribution in [3.05, 3.63) is 41.8 Å². The molecular formula is C15H19NO4S. The van der Waals surface area contributed by atoms with Gasteiger partial charge < -0.3 is 10.4 Å². The molecule has 1 aromatic carbocycles. The topological polar surface area (TPSA) is 83.5 Å². The van der Waals surface area contributed by atoms with Crippen LogP contribution in [-0.2, 0) is 14.6 Å². The van der Waals surface area contributed by atoms with Gasteiger partial charge in [-0.3, -0.25) is 4.79 Å². The molecule has 0 aliphatic heterocycles. The van der Waals surface area contributed by atoms with Crippen LogP contribution in [-0.4, -0.2) is 31.6 Å². The maximum atomic E-state index is 12.0. The third-order valence-corrected chi connectivity index (χ3v) is 4.95. The second-order valence-electron chi connectivity index (χ2n) is 5.13. The number of hydrogen-bond acceptors (Lipinski definition) is 4. The highest BCUT2D eigenvalue weighted by molar-refractivity contribution is 7.94. The molecule has 0 heterocycles. The van der Waals surface area contributed by atoms with Crippen molar-refractivity contribution in [3.63, 3.8) is 0 Å². The Morgan fingerprint density at radius 3 is 2.52 bits per heavy atom. The zero-order valence-electron chi connectivity index (χ0n) is 11.6. The van der Waals surface area contributed by atoms with Crippen molar-refractivity contribution in [1.29, 1.82) is 0 Å². The number of amides is 1. The summed E-state index contributed by atoms with van der Waals surface area (Å²) in [6.07, 6.45) is 3.73. The fraction of sp³-hybridized carbons (Fsp3) is 0.400. The van der Waals surface area contributed by atoms with Crippen molar-refractivity contribution in [2.75, 3.05) is 0 Å². The van der Waals surface area contributed by atoms with Crippen LogP contribution < -0.4 is 5.32 Å². The standard InChI is InChI=1S/C15H19NO4S/c17-14-9-5-4-8-13(14)16-15(18)10-11-21(19,20)12-6-2-1-3-7-12/h1-3,6-7,10-11,13-14,17H,4-5,8-9H2,(H,16,18)/b11-10+/t13-,14-/m0/s1. The Labute approximate surface area is 124 Å². The van der Waals surface area contributed by atoms with Gasteiger partial charge in [0.1, 0.15) is 0 Å². The molecule has 1 saturated carbocycles. The van der Waals surface area contributed by atoms with Gasteiger partial charge in [0.05, 0.1) is 17.0 Å². The van der Waals surface area contributed by atoms with Crippen LogP contribution >= 0.6 is 0 Å². The third kappa shape index (κ3) is 4.41. The lowest BCUT2D eigenvalue weighted by atomic mass is 9.92. The molecule has 1 aromatic rings. The summed E-state index contributed by atoms with van der Waals surface area (Å²) in [7, 11) is -3.61. The number of rotatable bonds is 4. The van der Waals surface area contributed by atoms with Crippen molar-refractivity contribution in [2.24, 2.45) is 0 Å². The zero-order valence-corrected chi connectivity index (χ0v) is 12.4. The molecule has 2 N–H and O–H groups in total. The summed E-state index contributed by atoms with van der Waals surface area (Å²) in [6, 6.07) is 7.62. The first-order valence-electron chi connectivity index (χ1n) is 6.96. The van der Waals surface area contributed by atoms with Crippen LogP contribution in [0.25, 0.3) is 0 Å². The minimum absolute atomic E-state index is 0.145. The van der Waals surface area contributed by atoms with E-state index in [2.05, 4.69) is 5.32 Å². The van der Waals surface area contributed by atoms with Gasteiger partial charge in [-0.1, -0.05) is 31.0 Å². The van der Waals surface area contributed by atoms with Crippen molar-refractivity contribution in [3.8, 4) is 0 Å². The van der Waals surface area contributed by atoms with Gasteiger partial charge >= 0.3 is 0 Å². The first kappa shape index (κ1) is 15.7. The van der Waals surface area contributed by atoms with E-state index in [1.165, 1.54) is 12.1 Å². The zero-order chi connectivity index (χ0) is 15.3. The molecule has 0 bridgehead atoms. The molecule has 5 nitrogen and oxygen atoms in total. The number of hydrogen-bond donors (Lipinski definition) is 2. The van der Waals surface area contributed by atoms with Crippen LogP contribution in [0.1, 0.15) is 25.7 Å². The Bertz CT molecular complexity index is 610. The first-order valence-corrected chi connectivity index (χ1v) is 8.50. The maximum absolute atomic E-state index is 12.0. The van der Waals surface area contributed by atoms with Crippen LogP contribution in [0.5, 0.6) is 0 Å². The highest BCUT2D eigenvalue weighted by atomic mass is 32.2. The second kappa shape index (κ2) is 6.87. The predicted molar refractivity (Wildman–Crippen MR) is 79.2 cm³/mol. The molecule has 1 aliphatic carbocycles. The molecule has 2 rings (SSSR count). The van der Waals surface area contributed by atoms with E-state index in [1.54, 1.807) is 18.2 Å². The first-order chi connectivity index (χ1) is 9.99. The summed E-state index contributed by atoms with van der Waals surface area (Å²) in [6.45, 7) is 0. The Balaban J connectivity index is 1.99. The molecule has 0 radical (unpaired) electrons. The van der Waals surface area contributed by atoms with Gasteiger partial charge in [0.2, 0.25) is 5.91 Å². The number of carbonyl (C=O) groups is 1. The maximum Gasteiger partial charge on any atom is 0.244 e. The van der Waals surface area contributed by atoms with Crippen LogP contribution in [0.15, 0.2) is 46.7 Å². The van der Waals surface area contributed by atoms with E-state index >= 15 is 0 Å². The molecular weight excluding hydrogens is 290 g/mol. The van der Waals surface area contributed by atoms with E-state index in [9.17, 15) is 18.3 Å². The molecule has 2 atom stereocenters. The average Bonchev–Trinajstić information content (AvgIpc) is 2.49. The Kier molecular flexibility index (Phi) is 5.14. The van der Waals surface area contributed by atoms with Crippen molar-refractivity contribution in [1.82, 2.24) is 5.32 Å². The number of sulfone groups is 1. The van der Waals surface area contributed by atoms with E-state index in [0.717, 1.165) is 24.3 Å². The fourth-order valence-electron chi connectivity index (χ4n) is 2.35. The smallest absolute Gasteiger partial charge is 0.244 e. The molecule has 6 heteroatoms. The van der Waals surface area contributed by atoms with Gasteiger partial charge in [-0.15, -0.1) is 0 Å². The monoisotopic (exact) mass is 309 g/mol. The summed E-state index contributed by atoms with van der Waals surface area (Å²) in [5, 5.41) is 13.3. The lowest BCUT2D eigenvalue weighted by molar-refractivity contribution is -0.118. The second-order valence-corrected chi connectivity index (χ2v) is 6.96. The summed E-state index contributed by atoms with van der Waals surface area (Å²) in [5.41, 5.74) is 0. The highest BCUT2D eigenvalue weighted by Crippen LogP contribution is 2.18.